The largest absolute Gasteiger partial charge is 0.382 e. The smallest absolute Gasteiger partial charge is 0.282 e. The van der Waals surface area contributed by atoms with E-state index in [1.165, 1.54) is 6.07 Å². The summed E-state index contributed by atoms with van der Waals surface area (Å²) in [5.74, 6) is 0.521. The standard InChI is InChI=1S/C11H15IN2O2/c1-7(2)8(3)13-9-4-5-11(14(15)16)10(12)6-9/h4-8,13H,1-3H3. The van der Waals surface area contributed by atoms with Gasteiger partial charge in [-0.2, -0.15) is 0 Å². The van der Waals surface area contributed by atoms with Gasteiger partial charge in [-0.05, 0) is 47.6 Å². The molecular weight excluding hydrogens is 319 g/mol. The van der Waals surface area contributed by atoms with Gasteiger partial charge < -0.3 is 5.32 Å². The number of nitrogens with zero attached hydrogens (tertiary/aromatic N) is 1. The number of rotatable bonds is 4. The summed E-state index contributed by atoms with van der Waals surface area (Å²) < 4.78 is 0.656. The van der Waals surface area contributed by atoms with Gasteiger partial charge in [0.15, 0.2) is 0 Å². The van der Waals surface area contributed by atoms with Crippen molar-refractivity contribution in [3.05, 3.63) is 31.9 Å². The van der Waals surface area contributed by atoms with Crippen LogP contribution < -0.4 is 5.32 Å². The molecule has 1 N–H and O–H groups in total. The second-order valence-electron chi connectivity index (χ2n) is 4.10. The molecule has 1 unspecified atom stereocenters. The van der Waals surface area contributed by atoms with Gasteiger partial charge in [0, 0.05) is 17.8 Å². The van der Waals surface area contributed by atoms with Crippen LogP contribution in [0, 0.1) is 19.6 Å². The maximum absolute atomic E-state index is 10.6. The van der Waals surface area contributed by atoms with Gasteiger partial charge in [0.1, 0.15) is 0 Å². The Morgan fingerprint density at radius 3 is 2.44 bits per heavy atom. The highest BCUT2D eigenvalue weighted by molar-refractivity contribution is 14.1. The van der Waals surface area contributed by atoms with Gasteiger partial charge in [-0.15, -0.1) is 0 Å². The van der Waals surface area contributed by atoms with Gasteiger partial charge in [-0.25, -0.2) is 0 Å². The molecule has 0 fully saturated rings. The lowest BCUT2D eigenvalue weighted by Crippen LogP contribution is -2.21. The van der Waals surface area contributed by atoms with Crippen molar-refractivity contribution in [3.8, 4) is 0 Å². The van der Waals surface area contributed by atoms with Crippen molar-refractivity contribution < 1.29 is 4.92 Å². The van der Waals surface area contributed by atoms with Crippen LogP contribution in [0.1, 0.15) is 20.8 Å². The summed E-state index contributed by atoms with van der Waals surface area (Å²) in [7, 11) is 0. The third-order valence-electron chi connectivity index (χ3n) is 2.54. The van der Waals surface area contributed by atoms with Crippen LogP contribution in [0.5, 0.6) is 0 Å². The highest BCUT2D eigenvalue weighted by Gasteiger charge is 2.13. The van der Waals surface area contributed by atoms with Gasteiger partial charge >= 0.3 is 0 Å². The summed E-state index contributed by atoms with van der Waals surface area (Å²) in [5.41, 5.74) is 1.08. The highest BCUT2D eigenvalue weighted by Crippen LogP contribution is 2.24. The Morgan fingerprint density at radius 2 is 2.00 bits per heavy atom. The molecule has 0 amide bonds. The van der Waals surface area contributed by atoms with Crippen LogP contribution >= 0.6 is 22.6 Å². The van der Waals surface area contributed by atoms with E-state index in [1.807, 2.05) is 22.6 Å². The third-order valence-corrected chi connectivity index (χ3v) is 3.40. The van der Waals surface area contributed by atoms with Gasteiger partial charge in [0.05, 0.1) is 8.49 Å². The quantitative estimate of drug-likeness (QED) is 0.519. The average Bonchev–Trinajstić information content (AvgIpc) is 2.16. The first-order valence-corrected chi connectivity index (χ1v) is 6.20. The molecule has 0 spiro atoms. The molecule has 0 aliphatic rings. The van der Waals surface area contributed by atoms with E-state index in [2.05, 4.69) is 26.1 Å². The summed E-state index contributed by atoms with van der Waals surface area (Å²) in [4.78, 5) is 10.3. The number of nitrogens with one attached hydrogen (secondary N) is 1. The molecule has 5 heteroatoms. The van der Waals surface area contributed by atoms with E-state index in [9.17, 15) is 10.1 Å². The molecule has 4 nitrogen and oxygen atoms in total. The number of benzene rings is 1. The molecule has 0 heterocycles. The SMILES string of the molecule is CC(C)C(C)Nc1ccc([N+](=O)[O-])c(I)c1. The summed E-state index contributed by atoms with van der Waals surface area (Å²) in [5, 5.41) is 14.0. The lowest BCUT2D eigenvalue weighted by molar-refractivity contribution is -0.385. The minimum absolute atomic E-state index is 0.156. The molecule has 16 heavy (non-hydrogen) atoms. The number of halogens is 1. The van der Waals surface area contributed by atoms with Crippen LogP contribution in [0.25, 0.3) is 0 Å². The molecule has 0 bridgehead atoms. The molecule has 0 aliphatic heterocycles. The first-order chi connectivity index (χ1) is 7.41. The Balaban J connectivity index is 2.85. The van der Waals surface area contributed by atoms with E-state index in [4.69, 9.17) is 0 Å². The first-order valence-electron chi connectivity index (χ1n) is 5.12. The topological polar surface area (TPSA) is 55.2 Å². The number of hydrogen-bond donors (Lipinski definition) is 1. The van der Waals surface area contributed by atoms with E-state index >= 15 is 0 Å². The van der Waals surface area contributed by atoms with Crippen molar-refractivity contribution in [1.82, 2.24) is 0 Å². The van der Waals surface area contributed by atoms with E-state index in [0.29, 0.717) is 15.5 Å². The van der Waals surface area contributed by atoms with Crippen molar-refractivity contribution in [1.29, 1.82) is 0 Å². The van der Waals surface area contributed by atoms with Crippen LogP contribution in [-0.4, -0.2) is 11.0 Å². The van der Waals surface area contributed by atoms with Gasteiger partial charge in [0.25, 0.3) is 5.69 Å². The van der Waals surface area contributed by atoms with E-state index in [-0.39, 0.29) is 10.6 Å². The lowest BCUT2D eigenvalue weighted by atomic mass is 10.1. The fourth-order valence-corrected chi connectivity index (χ4v) is 1.89. The van der Waals surface area contributed by atoms with Crippen molar-refractivity contribution in [2.45, 2.75) is 26.8 Å². The zero-order valence-electron chi connectivity index (χ0n) is 9.53. The predicted octanol–water partition coefficient (Wildman–Crippen LogP) is 3.66. The van der Waals surface area contributed by atoms with Crippen LogP contribution in [0.3, 0.4) is 0 Å². The number of nitro benzene ring substituents is 1. The fourth-order valence-electron chi connectivity index (χ4n) is 1.17. The Bertz CT molecular complexity index is 394. The van der Waals surface area contributed by atoms with Gasteiger partial charge in [-0.3, -0.25) is 10.1 Å². The van der Waals surface area contributed by atoms with E-state index in [1.54, 1.807) is 12.1 Å². The Hall–Kier alpha value is -0.850. The summed E-state index contributed by atoms with van der Waals surface area (Å²) in [6.45, 7) is 6.36. The lowest BCUT2D eigenvalue weighted by Gasteiger charge is -2.18. The fraction of sp³-hybridized carbons (Fsp3) is 0.455. The Kier molecular flexibility index (Phi) is 4.52. The predicted molar refractivity (Wildman–Crippen MR) is 73.7 cm³/mol. The molecule has 1 aromatic rings. The van der Waals surface area contributed by atoms with Crippen LogP contribution in [0.4, 0.5) is 11.4 Å². The molecule has 0 aromatic heterocycles. The molecule has 1 atom stereocenters. The minimum Gasteiger partial charge on any atom is -0.382 e. The molecule has 1 aromatic carbocycles. The maximum atomic E-state index is 10.6. The maximum Gasteiger partial charge on any atom is 0.282 e. The number of anilines is 1. The van der Waals surface area contributed by atoms with Crippen LogP contribution in [0.2, 0.25) is 0 Å². The van der Waals surface area contributed by atoms with Crippen molar-refractivity contribution >= 4 is 34.0 Å². The third kappa shape index (κ3) is 3.33. The molecule has 1 rings (SSSR count). The van der Waals surface area contributed by atoms with Crippen molar-refractivity contribution in [3.63, 3.8) is 0 Å². The van der Waals surface area contributed by atoms with Crippen LogP contribution in [0.15, 0.2) is 18.2 Å². The van der Waals surface area contributed by atoms with Crippen LogP contribution in [-0.2, 0) is 0 Å². The molecule has 0 aliphatic carbocycles. The molecule has 0 saturated heterocycles. The Labute approximate surface area is 109 Å². The van der Waals surface area contributed by atoms with E-state index in [0.717, 1.165) is 5.69 Å². The Morgan fingerprint density at radius 1 is 1.38 bits per heavy atom. The molecule has 0 radical (unpaired) electrons. The second kappa shape index (κ2) is 5.47. The summed E-state index contributed by atoms with van der Waals surface area (Å²) in [6.07, 6.45) is 0. The monoisotopic (exact) mass is 334 g/mol. The van der Waals surface area contributed by atoms with Crippen molar-refractivity contribution in [2.75, 3.05) is 5.32 Å². The first kappa shape index (κ1) is 13.2. The zero-order chi connectivity index (χ0) is 12.3. The number of hydrogen-bond acceptors (Lipinski definition) is 3. The van der Waals surface area contributed by atoms with Gasteiger partial charge in [-0.1, -0.05) is 13.8 Å². The van der Waals surface area contributed by atoms with E-state index < -0.39 is 0 Å². The molecular formula is C11H15IN2O2. The number of nitro groups is 1. The average molecular weight is 334 g/mol. The van der Waals surface area contributed by atoms with Crippen molar-refractivity contribution in [2.24, 2.45) is 5.92 Å². The normalized spacial score (nSPS) is 12.6. The molecule has 88 valence electrons. The van der Waals surface area contributed by atoms with Gasteiger partial charge in [0.2, 0.25) is 0 Å². The minimum atomic E-state index is -0.364. The molecule has 0 saturated carbocycles. The second-order valence-corrected chi connectivity index (χ2v) is 5.26. The zero-order valence-corrected chi connectivity index (χ0v) is 11.7. The summed E-state index contributed by atoms with van der Waals surface area (Å²) in [6, 6.07) is 5.44. The summed E-state index contributed by atoms with van der Waals surface area (Å²) >= 11 is 1.98. The highest BCUT2D eigenvalue weighted by atomic mass is 127.